The molecule has 2 aromatic heterocycles. The summed E-state index contributed by atoms with van der Waals surface area (Å²) in [6.45, 7) is 2.89. The molecule has 0 radical (unpaired) electrons. The van der Waals surface area contributed by atoms with E-state index in [4.69, 9.17) is 0 Å². The third kappa shape index (κ3) is 2.52. The largest absolute Gasteiger partial charge is 0.361 e. The smallest absolute Gasteiger partial charge is 0.241 e. The summed E-state index contributed by atoms with van der Waals surface area (Å²) in [7, 11) is 1.78. The summed E-state index contributed by atoms with van der Waals surface area (Å²) in [5.41, 5.74) is 0.756. The maximum Gasteiger partial charge on any atom is 0.241 e. The van der Waals surface area contributed by atoms with Crippen molar-refractivity contribution in [2.24, 2.45) is 0 Å². The van der Waals surface area contributed by atoms with E-state index < -0.39 is 0 Å². The van der Waals surface area contributed by atoms with Gasteiger partial charge < -0.3 is 10.2 Å². The predicted octanol–water partition coefficient (Wildman–Crippen LogP) is 0.619. The fraction of sp³-hybridized carbons (Fsp3) is 0.364. The Labute approximate surface area is 99.3 Å². The normalized spacial score (nSPS) is 10.5. The van der Waals surface area contributed by atoms with Crippen LogP contribution in [-0.4, -0.2) is 45.5 Å². The van der Waals surface area contributed by atoms with E-state index in [2.05, 4.69) is 15.4 Å². The third-order valence-electron chi connectivity index (χ3n) is 2.58. The summed E-state index contributed by atoms with van der Waals surface area (Å²) in [6.07, 6.45) is 3.49. The molecule has 6 heteroatoms. The van der Waals surface area contributed by atoms with Gasteiger partial charge in [-0.25, -0.2) is 9.50 Å². The molecule has 0 aromatic carbocycles. The monoisotopic (exact) mass is 233 g/mol. The highest BCUT2D eigenvalue weighted by Gasteiger charge is 2.06. The van der Waals surface area contributed by atoms with E-state index in [9.17, 15) is 4.79 Å². The van der Waals surface area contributed by atoms with E-state index in [1.54, 1.807) is 34.9 Å². The van der Waals surface area contributed by atoms with Gasteiger partial charge >= 0.3 is 0 Å². The molecule has 17 heavy (non-hydrogen) atoms. The van der Waals surface area contributed by atoms with E-state index in [0.717, 1.165) is 5.65 Å². The van der Waals surface area contributed by atoms with Crippen LogP contribution in [-0.2, 0) is 4.79 Å². The molecule has 0 saturated heterocycles. The number of hydrogen-bond acceptors (Lipinski definition) is 4. The molecule has 1 amide bonds. The average Bonchev–Trinajstić information content (AvgIpc) is 2.82. The topological polar surface area (TPSA) is 62.5 Å². The van der Waals surface area contributed by atoms with Crippen molar-refractivity contribution in [2.75, 3.05) is 25.5 Å². The Hall–Kier alpha value is -2.11. The lowest BCUT2D eigenvalue weighted by molar-refractivity contribution is -0.127. The minimum absolute atomic E-state index is 0.0441. The van der Waals surface area contributed by atoms with Crippen molar-refractivity contribution in [1.29, 1.82) is 0 Å². The first kappa shape index (κ1) is 11.4. The second-order valence-corrected chi connectivity index (χ2v) is 3.71. The first-order valence-corrected chi connectivity index (χ1v) is 5.49. The minimum Gasteiger partial charge on any atom is -0.361 e. The van der Waals surface area contributed by atoms with Gasteiger partial charge in [0, 0.05) is 25.9 Å². The molecular formula is C11H15N5O. The van der Waals surface area contributed by atoms with Gasteiger partial charge in [-0.05, 0) is 13.0 Å². The Morgan fingerprint density at radius 3 is 3.12 bits per heavy atom. The number of aromatic nitrogens is 3. The minimum atomic E-state index is 0.0441. The standard InChI is InChI=1S/C11H15N5O/c1-3-15(2)11(17)8-12-9-5-7-16-10(14-9)4-6-13-16/h4-7H,3,8H2,1-2H3,(H,12,14). The number of anilines is 1. The molecule has 2 aromatic rings. The number of rotatable bonds is 4. The molecule has 0 fully saturated rings. The highest BCUT2D eigenvalue weighted by atomic mass is 16.2. The Balaban J connectivity index is 2.01. The Morgan fingerprint density at radius 2 is 2.35 bits per heavy atom. The van der Waals surface area contributed by atoms with Crippen LogP contribution in [0, 0.1) is 0 Å². The molecule has 0 spiro atoms. The van der Waals surface area contributed by atoms with Crippen molar-refractivity contribution in [3.05, 3.63) is 24.5 Å². The number of carbonyl (C=O) groups is 1. The van der Waals surface area contributed by atoms with Gasteiger partial charge in [-0.2, -0.15) is 5.10 Å². The third-order valence-corrected chi connectivity index (χ3v) is 2.58. The van der Waals surface area contributed by atoms with Gasteiger partial charge in [0.25, 0.3) is 0 Å². The van der Waals surface area contributed by atoms with Crippen molar-refractivity contribution in [1.82, 2.24) is 19.5 Å². The number of amides is 1. The Kier molecular flexibility index (Phi) is 3.22. The van der Waals surface area contributed by atoms with Crippen LogP contribution < -0.4 is 5.32 Å². The molecule has 1 N–H and O–H groups in total. The van der Waals surface area contributed by atoms with E-state index in [1.165, 1.54) is 0 Å². The summed E-state index contributed by atoms with van der Waals surface area (Å²) in [6, 6.07) is 3.60. The SMILES string of the molecule is CCN(C)C(=O)CNc1ccn2nccc2n1. The van der Waals surface area contributed by atoms with E-state index in [-0.39, 0.29) is 12.5 Å². The number of carbonyl (C=O) groups excluding carboxylic acids is 1. The summed E-state index contributed by atoms with van der Waals surface area (Å²) in [5.74, 6) is 0.721. The molecule has 2 heterocycles. The molecule has 0 unspecified atom stereocenters. The second-order valence-electron chi connectivity index (χ2n) is 3.71. The number of nitrogens with one attached hydrogen (secondary N) is 1. The maximum atomic E-state index is 11.6. The quantitative estimate of drug-likeness (QED) is 0.841. The fourth-order valence-electron chi connectivity index (χ4n) is 1.39. The lowest BCUT2D eigenvalue weighted by Gasteiger charge is -2.14. The predicted molar refractivity (Wildman–Crippen MR) is 64.8 cm³/mol. The van der Waals surface area contributed by atoms with Crippen molar-refractivity contribution in [3.63, 3.8) is 0 Å². The van der Waals surface area contributed by atoms with Gasteiger partial charge in [0.15, 0.2) is 5.65 Å². The number of likely N-dealkylation sites (N-methyl/N-ethyl adjacent to an activating group) is 1. The van der Waals surface area contributed by atoms with Gasteiger partial charge in [-0.3, -0.25) is 4.79 Å². The van der Waals surface area contributed by atoms with Crippen LogP contribution in [0.1, 0.15) is 6.92 Å². The summed E-state index contributed by atoms with van der Waals surface area (Å²) in [4.78, 5) is 17.5. The summed E-state index contributed by atoms with van der Waals surface area (Å²) < 4.78 is 1.67. The number of nitrogens with zero attached hydrogens (tertiary/aromatic N) is 4. The molecule has 0 atom stereocenters. The molecule has 6 nitrogen and oxygen atoms in total. The van der Waals surface area contributed by atoms with E-state index in [1.807, 2.05) is 13.0 Å². The van der Waals surface area contributed by atoms with E-state index >= 15 is 0 Å². The molecular weight excluding hydrogens is 218 g/mol. The van der Waals surface area contributed by atoms with Crippen LogP contribution in [0.2, 0.25) is 0 Å². The maximum absolute atomic E-state index is 11.6. The molecule has 2 rings (SSSR count). The lowest BCUT2D eigenvalue weighted by Crippen LogP contribution is -2.32. The Morgan fingerprint density at radius 1 is 1.53 bits per heavy atom. The van der Waals surface area contributed by atoms with Crippen LogP contribution in [0.15, 0.2) is 24.5 Å². The summed E-state index contributed by atoms with van der Waals surface area (Å²) in [5, 5.41) is 7.05. The zero-order chi connectivity index (χ0) is 12.3. The average molecular weight is 233 g/mol. The molecule has 0 aliphatic carbocycles. The first-order chi connectivity index (χ1) is 8.20. The molecule has 0 aliphatic heterocycles. The van der Waals surface area contributed by atoms with Gasteiger partial charge in [0.05, 0.1) is 12.7 Å². The van der Waals surface area contributed by atoms with Crippen LogP contribution >= 0.6 is 0 Å². The number of fused-ring (bicyclic) bond motifs is 1. The van der Waals surface area contributed by atoms with Crippen molar-refractivity contribution in [2.45, 2.75) is 6.92 Å². The summed E-state index contributed by atoms with van der Waals surface area (Å²) >= 11 is 0. The van der Waals surface area contributed by atoms with Gasteiger partial charge in [0.2, 0.25) is 5.91 Å². The van der Waals surface area contributed by atoms with Gasteiger partial charge in [-0.1, -0.05) is 0 Å². The second kappa shape index (κ2) is 4.82. The van der Waals surface area contributed by atoms with Crippen molar-refractivity contribution < 1.29 is 4.79 Å². The number of hydrogen-bond donors (Lipinski definition) is 1. The molecule has 0 saturated carbocycles. The fourth-order valence-corrected chi connectivity index (χ4v) is 1.39. The van der Waals surface area contributed by atoms with Crippen molar-refractivity contribution in [3.8, 4) is 0 Å². The van der Waals surface area contributed by atoms with Gasteiger partial charge in [0.1, 0.15) is 5.82 Å². The van der Waals surface area contributed by atoms with Crippen LogP contribution in [0.5, 0.6) is 0 Å². The molecule has 90 valence electrons. The zero-order valence-electron chi connectivity index (χ0n) is 9.92. The highest BCUT2D eigenvalue weighted by Crippen LogP contribution is 2.05. The van der Waals surface area contributed by atoms with Crippen LogP contribution in [0.25, 0.3) is 5.65 Å². The molecule has 0 aliphatic rings. The van der Waals surface area contributed by atoms with Crippen molar-refractivity contribution >= 4 is 17.4 Å². The van der Waals surface area contributed by atoms with Crippen LogP contribution in [0.3, 0.4) is 0 Å². The first-order valence-electron chi connectivity index (χ1n) is 5.49. The van der Waals surface area contributed by atoms with Gasteiger partial charge in [-0.15, -0.1) is 0 Å². The molecule has 0 bridgehead atoms. The zero-order valence-corrected chi connectivity index (χ0v) is 9.92. The van der Waals surface area contributed by atoms with Crippen LogP contribution in [0.4, 0.5) is 5.82 Å². The highest BCUT2D eigenvalue weighted by molar-refractivity contribution is 5.80. The Bertz CT molecular complexity index is 521. The van der Waals surface area contributed by atoms with E-state index in [0.29, 0.717) is 12.4 Å². The lowest BCUT2D eigenvalue weighted by atomic mass is 10.4.